The Hall–Kier alpha value is -4.09. The standard InChI is InChI=1S/C29H24ClN3O2/c1-19-16-24(17-27-28(34)32(29(35)31-27)18-21-8-12-25(30)13-9-21)20(2)33(19)26-14-10-23(11-15-26)22-6-4-3-5-7-22/h3-17H,18H2,1-2H3,(H,31,35)/b27-17+. The van der Waals surface area contributed by atoms with Gasteiger partial charge in [-0.2, -0.15) is 0 Å². The van der Waals surface area contributed by atoms with Crippen LogP contribution in [-0.4, -0.2) is 21.4 Å². The number of urea groups is 1. The minimum Gasteiger partial charge on any atom is -0.318 e. The van der Waals surface area contributed by atoms with Crippen molar-refractivity contribution in [3.8, 4) is 16.8 Å². The Bertz CT molecular complexity index is 1440. The van der Waals surface area contributed by atoms with E-state index in [-0.39, 0.29) is 18.1 Å². The molecular weight excluding hydrogens is 458 g/mol. The van der Waals surface area contributed by atoms with Crippen molar-refractivity contribution in [3.05, 3.63) is 118 Å². The van der Waals surface area contributed by atoms with Crippen LogP contribution in [0.25, 0.3) is 22.9 Å². The number of imide groups is 1. The maximum Gasteiger partial charge on any atom is 0.329 e. The number of aryl methyl sites for hydroxylation is 1. The Morgan fingerprint density at radius 2 is 1.51 bits per heavy atom. The van der Waals surface area contributed by atoms with E-state index in [4.69, 9.17) is 11.6 Å². The molecule has 4 aromatic rings. The van der Waals surface area contributed by atoms with Crippen molar-refractivity contribution in [2.45, 2.75) is 20.4 Å². The molecule has 0 radical (unpaired) electrons. The van der Waals surface area contributed by atoms with Crippen LogP contribution in [0.2, 0.25) is 5.02 Å². The van der Waals surface area contributed by atoms with E-state index in [1.54, 1.807) is 30.3 Å². The van der Waals surface area contributed by atoms with E-state index in [9.17, 15) is 9.59 Å². The number of carbonyl (C=O) groups is 2. The van der Waals surface area contributed by atoms with Gasteiger partial charge in [-0.25, -0.2) is 4.79 Å². The number of nitrogens with one attached hydrogen (secondary N) is 1. The first kappa shape index (κ1) is 22.7. The van der Waals surface area contributed by atoms with E-state index in [1.165, 1.54) is 10.5 Å². The highest BCUT2D eigenvalue weighted by molar-refractivity contribution is 6.30. The molecule has 1 aliphatic rings. The van der Waals surface area contributed by atoms with Crippen molar-refractivity contribution < 1.29 is 9.59 Å². The molecule has 0 aliphatic carbocycles. The van der Waals surface area contributed by atoms with Gasteiger partial charge >= 0.3 is 6.03 Å². The summed E-state index contributed by atoms with van der Waals surface area (Å²) in [7, 11) is 0. The number of hydrogen-bond donors (Lipinski definition) is 1. The second-order valence-corrected chi connectivity index (χ2v) is 9.02. The van der Waals surface area contributed by atoms with E-state index >= 15 is 0 Å². The van der Waals surface area contributed by atoms with Crippen molar-refractivity contribution in [3.63, 3.8) is 0 Å². The van der Waals surface area contributed by atoms with Crippen LogP contribution in [0.4, 0.5) is 4.79 Å². The molecule has 0 unspecified atom stereocenters. The van der Waals surface area contributed by atoms with Crippen LogP contribution in [0.3, 0.4) is 0 Å². The number of rotatable bonds is 5. The summed E-state index contributed by atoms with van der Waals surface area (Å²) in [5, 5.41) is 3.33. The zero-order valence-electron chi connectivity index (χ0n) is 19.5. The summed E-state index contributed by atoms with van der Waals surface area (Å²) >= 11 is 5.94. The molecule has 0 atom stereocenters. The number of halogens is 1. The zero-order valence-corrected chi connectivity index (χ0v) is 20.2. The quantitative estimate of drug-likeness (QED) is 0.261. The highest BCUT2D eigenvalue weighted by atomic mass is 35.5. The molecule has 5 rings (SSSR count). The van der Waals surface area contributed by atoms with Crippen LogP contribution in [0.5, 0.6) is 0 Å². The fourth-order valence-corrected chi connectivity index (χ4v) is 4.53. The minimum atomic E-state index is -0.429. The average Bonchev–Trinajstić information content (AvgIpc) is 3.30. The third kappa shape index (κ3) is 4.51. The van der Waals surface area contributed by atoms with Crippen molar-refractivity contribution >= 4 is 29.6 Å². The van der Waals surface area contributed by atoms with Gasteiger partial charge in [0, 0.05) is 22.1 Å². The van der Waals surface area contributed by atoms with Gasteiger partial charge in [0.2, 0.25) is 0 Å². The van der Waals surface area contributed by atoms with Crippen LogP contribution in [0, 0.1) is 13.8 Å². The average molecular weight is 482 g/mol. The normalized spacial score (nSPS) is 14.6. The van der Waals surface area contributed by atoms with Crippen molar-refractivity contribution in [1.82, 2.24) is 14.8 Å². The Morgan fingerprint density at radius 3 is 2.20 bits per heavy atom. The number of amides is 3. The van der Waals surface area contributed by atoms with Crippen molar-refractivity contribution in [2.75, 3.05) is 0 Å². The topological polar surface area (TPSA) is 54.3 Å². The number of benzene rings is 3. The third-order valence-electron chi connectivity index (χ3n) is 6.22. The molecule has 2 heterocycles. The maximum atomic E-state index is 13.0. The second kappa shape index (κ2) is 9.28. The summed E-state index contributed by atoms with van der Waals surface area (Å²) in [6.45, 7) is 4.23. The molecule has 0 saturated carbocycles. The molecule has 1 aliphatic heterocycles. The van der Waals surface area contributed by atoms with E-state index in [0.29, 0.717) is 5.02 Å². The number of nitrogens with zero attached hydrogens (tertiary/aromatic N) is 2. The zero-order chi connectivity index (χ0) is 24.5. The second-order valence-electron chi connectivity index (χ2n) is 8.58. The molecule has 35 heavy (non-hydrogen) atoms. The Balaban J connectivity index is 1.40. The Labute approximate surface area is 209 Å². The van der Waals surface area contributed by atoms with Crippen LogP contribution < -0.4 is 5.32 Å². The monoisotopic (exact) mass is 481 g/mol. The molecule has 1 fully saturated rings. The van der Waals surface area contributed by atoms with Gasteiger partial charge in [-0.3, -0.25) is 9.69 Å². The summed E-state index contributed by atoms with van der Waals surface area (Å²) in [6, 6.07) is 27.3. The van der Waals surface area contributed by atoms with Gasteiger partial charge in [0.1, 0.15) is 5.70 Å². The molecule has 3 aromatic carbocycles. The lowest BCUT2D eigenvalue weighted by Gasteiger charge is -2.11. The Morgan fingerprint density at radius 1 is 0.857 bits per heavy atom. The molecule has 1 saturated heterocycles. The fourth-order valence-electron chi connectivity index (χ4n) is 4.41. The third-order valence-corrected chi connectivity index (χ3v) is 6.47. The first-order valence-corrected chi connectivity index (χ1v) is 11.7. The number of aromatic nitrogens is 1. The summed E-state index contributed by atoms with van der Waals surface area (Å²) in [6.07, 6.45) is 1.75. The van der Waals surface area contributed by atoms with Gasteiger partial charge in [-0.15, -0.1) is 0 Å². The molecule has 0 spiro atoms. The van der Waals surface area contributed by atoms with Gasteiger partial charge in [-0.05, 0) is 72.5 Å². The number of hydrogen-bond acceptors (Lipinski definition) is 2. The van der Waals surface area contributed by atoms with Gasteiger partial charge in [-0.1, -0.05) is 66.2 Å². The van der Waals surface area contributed by atoms with Crippen LogP contribution >= 0.6 is 11.6 Å². The van der Waals surface area contributed by atoms with Gasteiger partial charge in [0.15, 0.2) is 0 Å². The molecule has 6 heteroatoms. The van der Waals surface area contributed by atoms with E-state index in [2.05, 4.69) is 46.3 Å². The molecule has 1 N–H and O–H groups in total. The van der Waals surface area contributed by atoms with Crippen molar-refractivity contribution in [2.24, 2.45) is 0 Å². The van der Waals surface area contributed by atoms with Gasteiger partial charge in [0.25, 0.3) is 5.91 Å². The predicted molar refractivity (Wildman–Crippen MR) is 139 cm³/mol. The molecule has 174 valence electrons. The van der Waals surface area contributed by atoms with E-state index in [0.717, 1.165) is 33.8 Å². The molecule has 0 bridgehead atoms. The van der Waals surface area contributed by atoms with Gasteiger partial charge in [0.05, 0.1) is 6.54 Å². The fraction of sp³-hybridized carbons (Fsp3) is 0.103. The van der Waals surface area contributed by atoms with E-state index in [1.807, 2.05) is 38.1 Å². The van der Waals surface area contributed by atoms with Gasteiger partial charge < -0.3 is 9.88 Å². The molecular formula is C29H24ClN3O2. The highest BCUT2D eigenvalue weighted by Crippen LogP contribution is 2.27. The van der Waals surface area contributed by atoms with Crippen LogP contribution in [-0.2, 0) is 11.3 Å². The van der Waals surface area contributed by atoms with Crippen molar-refractivity contribution in [1.29, 1.82) is 0 Å². The molecule has 1 aromatic heterocycles. The predicted octanol–water partition coefficient (Wildman–Crippen LogP) is 6.51. The Kier molecular flexibility index (Phi) is 6.01. The smallest absolute Gasteiger partial charge is 0.318 e. The van der Waals surface area contributed by atoms with E-state index < -0.39 is 6.03 Å². The minimum absolute atomic E-state index is 0.186. The van der Waals surface area contributed by atoms with Crippen LogP contribution in [0.1, 0.15) is 22.5 Å². The first-order chi connectivity index (χ1) is 16.9. The molecule has 3 amide bonds. The first-order valence-electron chi connectivity index (χ1n) is 11.3. The lowest BCUT2D eigenvalue weighted by molar-refractivity contribution is -0.123. The SMILES string of the molecule is Cc1cc(/C=C2/NC(=O)N(Cc3ccc(Cl)cc3)C2=O)c(C)n1-c1ccc(-c2ccccc2)cc1. The largest absolute Gasteiger partial charge is 0.329 e. The number of carbonyl (C=O) groups excluding carboxylic acids is 2. The summed E-state index contributed by atoms with van der Waals surface area (Å²) in [5.41, 5.74) is 7.36. The summed E-state index contributed by atoms with van der Waals surface area (Å²) in [4.78, 5) is 26.7. The summed E-state index contributed by atoms with van der Waals surface area (Å²) in [5.74, 6) is -0.345. The maximum absolute atomic E-state index is 13.0. The lowest BCUT2D eigenvalue weighted by atomic mass is 10.1. The summed E-state index contributed by atoms with van der Waals surface area (Å²) < 4.78 is 2.15. The lowest BCUT2D eigenvalue weighted by Crippen LogP contribution is -2.30. The molecule has 5 nitrogen and oxygen atoms in total. The highest BCUT2D eigenvalue weighted by Gasteiger charge is 2.33. The van der Waals surface area contributed by atoms with Crippen LogP contribution in [0.15, 0.2) is 90.6 Å².